The van der Waals surface area contributed by atoms with Gasteiger partial charge in [-0.3, -0.25) is 0 Å². The van der Waals surface area contributed by atoms with Gasteiger partial charge < -0.3 is 14.6 Å². The molecule has 0 saturated carbocycles. The maximum absolute atomic E-state index is 13.9. The van der Waals surface area contributed by atoms with Crippen molar-refractivity contribution in [1.82, 2.24) is 9.88 Å². The van der Waals surface area contributed by atoms with Crippen LogP contribution in [-0.4, -0.2) is 36.1 Å². The Balaban J connectivity index is 1.51. The molecule has 2 heterocycles. The number of oxazole rings is 1. The third kappa shape index (κ3) is 3.49. The Hall–Kier alpha value is -2.47. The molecule has 4 nitrogen and oxygen atoms in total. The predicted octanol–water partition coefficient (Wildman–Crippen LogP) is 4.28. The van der Waals surface area contributed by atoms with Crippen molar-refractivity contribution in [3.8, 4) is 11.5 Å². The Labute approximate surface area is 144 Å². The van der Waals surface area contributed by atoms with Gasteiger partial charge in [-0.15, -0.1) is 0 Å². The molecule has 1 N–H and O–H groups in total. The summed E-state index contributed by atoms with van der Waals surface area (Å²) in [6.07, 6.45) is 2.56. The molecule has 6 heteroatoms. The normalized spacial score (nSPS) is 15.1. The molecule has 0 spiro atoms. The van der Waals surface area contributed by atoms with Gasteiger partial charge in [0.1, 0.15) is 17.2 Å². The predicted molar refractivity (Wildman–Crippen MR) is 93.5 cm³/mol. The fourth-order valence-electron chi connectivity index (χ4n) is 3.18. The number of anilines is 1. The third-order valence-corrected chi connectivity index (χ3v) is 4.50. The van der Waals surface area contributed by atoms with Crippen molar-refractivity contribution in [2.75, 3.05) is 31.5 Å². The highest BCUT2D eigenvalue weighted by atomic mass is 19.1. The van der Waals surface area contributed by atoms with Crippen molar-refractivity contribution < 1.29 is 13.2 Å². The van der Waals surface area contributed by atoms with Gasteiger partial charge in [0.05, 0.1) is 5.56 Å². The van der Waals surface area contributed by atoms with Gasteiger partial charge in [0.15, 0.2) is 5.58 Å². The number of likely N-dealkylation sites (tertiary alicyclic amines) is 1. The smallest absolute Gasteiger partial charge is 0.230 e. The van der Waals surface area contributed by atoms with E-state index in [1.807, 2.05) is 12.1 Å². The maximum Gasteiger partial charge on any atom is 0.230 e. The molecule has 25 heavy (non-hydrogen) atoms. The van der Waals surface area contributed by atoms with Gasteiger partial charge in [-0.25, -0.2) is 13.8 Å². The van der Waals surface area contributed by atoms with E-state index in [2.05, 4.69) is 15.2 Å². The van der Waals surface area contributed by atoms with Gasteiger partial charge in [0.2, 0.25) is 5.89 Å². The van der Waals surface area contributed by atoms with Gasteiger partial charge >= 0.3 is 0 Å². The van der Waals surface area contributed by atoms with Crippen LogP contribution in [0.4, 0.5) is 14.5 Å². The van der Waals surface area contributed by atoms with Crippen molar-refractivity contribution in [2.45, 2.75) is 12.8 Å². The average Bonchev–Trinajstić information content (AvgIpc) is 3.26. The number of benzene rings is 2. The van der Waals surface area contributed by atoms with Crippen LogP contribution in [0.15, 0.2) is 40.8 Å². The average molecular weight is 343 g/mol. The van der Waals surface area contributed by atoms with Crippen molar-refractivity contribution in [1.29, 1.82) is 0 Å². The van der Waals surface area contributed by atoms with Crippen LogP contribution in [-0.2, 0) is 0 Å². The highest BCUT2D eigenvalue weighted by Crippen LogP contribution is 2.28. The second-order valence-corrected chi connectivity index (χ2v) is 6.30. The summed E-state index contributed by atoms with van der Waals surface area (Å²) in [5.41, 5.74) is 2.12. The zero-order chi connectivity index (χ0) is 17.2. The van der Waals surface area contributed by atoms with E-state index in [1.165, 1.54) is 25.9 Å². The van der Waals surface area contributed by atoms with Crippen LogP contribution in [0.1, 0.15) is 12.8 Å². The van der Waals surface area contributed by atoms with E-state index in [1.54, 1.807) is 6.07 Å². The van der Waals surface area contributed by atoms with E-state index in [9.17, 15) is 8.78 Å². The summed E-state index contributed by atoms with van der Waals surface area (Å²) in [6.45, 7) is 4.21. The summed E-state index contributed by atoms with van der Waals surface area (Å²) >= 11 is 0. The van der Waals surface area contributed by atoms with E-state index in [0.29, 0.717) is 11.1 Å². The minimum absolute atomic E-state index is 0.0275. The molecule has 1 aliphatic heterocycles. The Kier molecular flexibility index (Phi) is 4.36. The van der Waals surface area contributed by atoms with Crippen LogP contribution >= 0.6 is 0 Å². The lowest BCUT2D eigenvalue weighted by Gasteiger charge is -2.15. The Morgan fingerprint density at radius 3 is 2.76 bits per heavy atom. The first-order valence-electron chi connectivity index (χ1n) is 8.51. The lowest BCUT2D eigenvalue weighted by molar-refractivity contribution is 0.352. The topological polar surface area (TPSA) is 41.3 Å². The molecule has 0 bridgehead atoms. The lowest BCUT2D eigenvalue weighted by Crippen LogP contribution is -2.25. The summed E-state index contributed by atoms with van der Waals surface area (Å²) in [5.74, 6) is -0.999. The molecule has 0 amide bonds. The number of hydrogen-bond donors (Lipinski definition) is 1. The molecule has 1 saturated heterocycles. The molecule has 4 rings (SSSR count). The van der Waals surface area contributed by atoms with Gasteiger partial charge in [-0.1, -0.05) is 0 Å². The van der Waals surface area contributed by atoms with E-state index < -0.39 is 11.6 Å². The molecule has 0 atom stereocenters. The molecular formula is C19H19F2N3O. The largest absolute Gasteiger partial charge is 0.436 e. The summed E-state index contributed by atoms with van der Waals surface area (Å²) in [5, 5.41) is 3.38. The van der Waals surface area contributed by atoms with Crippen LogP contribution in [0.25, 0.3) is 22.6 Å². The molecular weight excluding hydrogens is 324 g/mol. The minimum atomic E-state index is -0.558. The highest BCUT2D eigenvalue weighted by molar-refractivity contribution is 5.80. The maximum atomic E-state index is 13.9. The first-order chi connectivity index (χ1) is 12.2. The van der Waals surface area contributed by atoms with Crippen LogP contribution in [0, 0.1) is 11.6 Å². The Morgan fingerprint density at radius 1 is 1.08 bits per heavy atom. The van der Waals surface area contributed by atoms with Gasteiger partial charge in [-0.05, 0) is 62.3 Å². The number of aromatic nitrogens is 1. The van der Waals surface area contributed by atoms with E-state index in [-0.39, 0.29) is 11.5 Å². The molecule has 0 radical (unpaired) electrons. The van der Waals surface area contributed by atoms with Crippen molar-refractivity contribution in [2.24, 2.45) is 0 Å². The Bertz CT molecular complexity index is 888. The molecule has 3 aromatic rings. The second kappa shape index (κ2) is 6.80. The highest BCUT2D eigenvalue weighted by Gasteiger charge is 2.14. The summed E-state index contributed by atoms with van der Waals surface area (Å²) in [6, 6.07) is 8.80. The molecule has 130 valence electrons. The van der Waals surface area contributed by atoms with E-state index in [4.69, 9.17) is 4.42 Å². The molecule has 0 aliphatic carbocycles. The number of nitrogens with zero attached hydrogens (tertiary/aromatic N) is 2. The second-order valence-electron chi connectivity index (χ2n) is 6.30. The van der Waals surface area contributed by atoms with Crippen LogP contribution in [0.3, 0.4) is 0 Å². The van der Waals surface area contributed by atoms with Crippen LogP contribution < -0.4 is 5.32 Å². The van der Waals surface area contributed by atoms with Crippen molar-refractivity contribution in [3.63, 3.8) is 0 Å². The molecule has 0 unspecified atom stereocenters. The van der Waals surface area contributed by atoms with Crippen LogP contribution in [0.2, 0.25) is 0 Å². The number of nitrogens with one attached hydrogen (secondary N) is 1. The minimum Gasteiger partial charge on any atom is -0.436 e. The van der Waals surface area contributed by atoms with E-state index >= 15 is 0 Å². The lowest BCUT2D eigenvalue weighted by atomic mass is 10.2. The number of rotatable bonds is 5. The molecule has 2 aromatic carbocycles. The Morgan fingerprint density at radius 2 is 1.92 bits per heavy atom. The monoisotopic (exact) mass is 343 g/mol. The fourth-order valence-corrected chi connectivity index (χ4v) is 3.18. The number of fused-ring (bicyclic) bond motifs is 1. The quantitative estimate of drug-likeness (QED) is 0.751. The zero-order valence-electron chi connectivity index (χ0n) is 13.8. The third-order valence-electron chi connectivity index (χ3n) is 4.50. The van der Waals surface area contributed by atoms with Gasteiger partial charge in [-0.2, -0.15) is 0 Å². The van der Waals surface area contributed by atoms with Gasteiger partial charge in [0, 0.05) is 18.8 Å². The van der Waals surface area contributed by atoms with Crippen molar-refractivity contribution in [3.05, 3.63) is 48.0 Å². The van der Waals surface area contributed by atoms with E-state index in [0.717, 1.165) is 37.0 Å². The molecule has 1 aliphatic rings. The summed E-state index contributed by atoms with van der Waals surface area (Å²) in [7, 11) is 0. The SMILES string of the molecule is Fc1ccc(F)c(-c2nc3cc(NCCN4CCCC4)ccc3o2)c1. The number of hydrogen-bond acceptors (Lipinski definition) is 4. The standard InChI is InChI=1S/C19H19F2N3O/c20-13-3-5-16(21)15(11-13)19-23-17-12-14(4-6-18(17)25-19)22-7-10-24-8-1-2-9-24/h3-6,11-12,22H,1-2,7-10H2. The first kappa shape index (κ1) is 16.0. The number of halogens is 2. The van der Waals surface area contributed by atoms with Gasteiger partial charge in [0.25, 0.3) is 0 Å². The van der Waals surface area contributed by atoms with Crippen LogP contribution in [0.5, 0.6) is 0 Å². The van der Waals surface area contributed by atoms with Crippen molar-refractivity contribution >= 4 is 16.8 Å². The fraction of sp³-hybridized carbons (Fsp3) is 0.316. The molecule has 1 fully saturated rings. The summed E-state index contributed by atoms with van der Waals surface area (Å²) in [4.78, 5) is 6.74. The summed E-state index contributed by atoms with van der Waals surface area (Å²) < 4.78 is 32.8. The zero-order valence-corrected chi connectivity index (χ0v) is 13.8. The first-order valence-corrected chi connectivity index (χ1v) is 8.51. The molecule has 1 aromatic heterocycles.